The third-order valence-electron chi connectivity index (χ3n) is 4.01. The normalized spacial score (nSPS) is 12.0. The Morgan fingerprint density at radius 2 is 1.85 bits per heavy atom. The SMILES string of the molecule is Cc1cccn2c(=O)cc(Cn3cc(S(=O)(=O)N(C)C)ccc3=O)nc12. The summed E-state index contributed by atoms with van der Waals surface area (Å²) in [4.78, 5) is 28.8. The first-order valence-electron chi connectivity index (χ1n) is 7.81. The molecule has 136 valence electrons. The number of rotatable bonds is 4. The molecule has 0 fully saturated rings. The summed E-state index contributed by atoms with van der Waals surface area (Å²) < 4.78 is 28.3. The van der Waals surface area contributed by atoms with Crippen LogP contribution in [-0.2, 0) is 16.6 Å². The lowest BCUT2D eigenvalue weighted by Gasteiger charge is -2.13. The molecule has 0 amide bonds. The fraction of sp³-hybridized carbons (Fsp3) is 0.235. The van der Waals surface area contributed by atoms with Gasteiger partial charge in [0.1, 0.15) is 5.65 Å². The maximum atomic E-state index is 12.3. The predicted octanol–water partition coefficient (Wildman–Crippen LogP) is 0.463. The molecule has 3 aromatic rings. The molecule has 9 heteroatoms. The average molecular weight is 374 g/mol. The molecule has 3 heterocycles. The van der Waals surface area contributed by atoms with Crippen molar-refractivity contribution in [2.75, 3.05) is 14.1 Å². The second-order valence-corrected chi connectivity index (χ2v) is 8.24. The third-order valence-corrected chi connectivity index (χ3v) is 5.81. The van der Waals surface area contributed by atoms with Gasteiger partial charge in [0.2, 0.25) is 10.0 Å². The lowest BCUT2D eigenvalue weighted by Crippen LogP contribution is -2.27. The zero-order valence-electron chi connectivity index (χ0n) is 14.6. The lowest BCUT2D eigenvalue weighted by molar-refractivity contribution is 0.519. The number of fused-ring (bicyclic) bond motifs is 1. The molecule has 0 aliphatic carbocycles. The molecule has 8 nitrogen and oxygen atoms in total. The number of aryl methyl sites for hydroxylation is 1. The summed E-state index contributed by atoms with van der Waals surface area (Å²) in [6.07, 6.45) is 2.89. The highest BCUT2D eigenvalue weighted by Gasteiger charge is 2.18. The molecular formula is C17H18N4O4S. The number of aromatic nitrogens is 3. The van der Waals surface area contributed by atoms with Crippen LogP contribution in [0.25, 0.3) is 5.65 Å². The van der Waals surface area contributed by atoms with Crippen LogP contribution in [0.15, 0.2) is 57.2 Å². The van der Waals surface area contributed by atoms with E-state index in [4.69, 9.17) is 0 Å². The van der Waals surface area contributed by atoms with Crippen molar-refractivity contribution in [3.8, 4) is 0 Å². The predicted molar refractivity (Wildman–Crippen MR) is 96.9 cm³/mol. The van der Waals surface area contributed by atoms with Gasteiger partial charge in [-0.25, -0.2) is 17.7 Å². The van der Waals surface area contributed by atoms with Crippen LogP contribution in [0, 0.1) is 6.92 Å². The van der Waals surface area contributed by atoms with Gasteiger partial charge in [-0.15, -0.1) is 0 Å². The van der Waals surface area contributed by atoms with Crippen molar-refractivity contribution in [2.45, 2.75) is 18.4 Å². The smallest absolute Gasteiger partial charge is 0.258 e. The maximum Gasteiger partial charge on any atom is 0.258 e. The highest BCUT2D eigenvalue weighted by Crippen LogP contribution is 2.11. The summed E-state index contributed by atoms with van der Waals surface area (Å²) in [6.45, 7) is 1.83. The van der Waals surface area contributed by atoms with Crippen molar-refractivity contribution in [1.29, 1.82) is 0 Å². The molecular weight excluding hydrogens is 356 g/mol. The van der Waals surface area contributed by atoms with Crippen molar-refractivity contribution in [3.05, 3.63) is 74.7 Å². The summed E-state index contributed by atoms with van der Waals surface area (Å²) >= 11 is 0. The van der Waals surface area contributed by atoms with Gasteiger partial charge < -0.3 is 4.57 Å². The van der Waals surface area contributed by atoms with Crippen molar-refractivity contribution in [3.63, 3.8) is 0 Å². The topological polar surface area (TPSA) is 93.8 Å². The van der Waals surface area contributed by atoms with E-state index in [-0.39, 0.29) is 22.6 Å². The van der Waals surface area contributed by atoms with Crippen LogP contribution in [0.1, 0.15) is 11.3 Å². The van der Waals surface area contributed by atoms with Gasteiger partial charge in [-0.2, -0.15) is 0 Å². The summed E-state index contributed by atoms with van der Waals surface area (Å²) in [7, 11) is -0.839. The van der Waals surface area contributed by atoms with Gasteiger partial charge in [0, 0.05) is 38.6 Å². The van der Waals surface area contributed by atoms with Gasteiger partial charge in [0.15, 0.2) is 0 Å². The Morgan fingerprint density at radius 3 is 2.54 bits per heavy atom. The van der Waals surface area contributed by atoms with E-state index in [2.05, 4.69) is 4.98 Å². The fourth-order valence-corrected chi connectivity index (χ4v) is 3.48. The molecule has 0 spiro atoms. The monoisotopic (exact) mass is 374 g/mol. The number of sulfonamides is 1. The van der Waals surface area contributed by atoms with E-state index in [0.717, 1.165) is 9.87 Å². The van der Waals surface area contributed by atoms with Crippen molar-refractivity contribution in [2.24, 2.45) is 0 Å². The van der Waals surface area contributed by atoms with Crippen molar-refractivity contribution in [1.82, 2.24) is 18.3 Å². The van der Waals surface area contributed by atoms with Gasteiger partial charge in [-0.3, -0.25) is 14.0 Å². The summed E-state index contributed by atoms with van der Waals surface area (Å²) in [6, 6.07) is 7.38. The molecule has 3 rings (SSSR count). The van der Waals surface area contributed by atoms with Crippen molar-refractivity contribution < 1.29 is 8.42 Å². The first kappa shape index (κ1) is 18.0. The van der Waals surface area contributed by atoms with Gasteiger partial charge in [-0.05, 0) is 24.6 Å². The Labute approximate surface area is 150 Å². The molecule has 0 radical (unpaired) electrons. The van der Waals surface area contributed by atoms with E-state index in [9.17, 15) is 18.0 Å². The van der Waals surface area contributed by atoms with Gasteiger partial charge >= 0.3 is 0 Å². The van der Waals surface area contributed by atoms with Gasteiger partial charge in [-0.1, -0.05) is 6.07 Å². The highest BCUT2D eigenvalue weighted by molar-refractivity contribution is 7.89. The number of nitrogens with zero attached hydrogens (tertiary/aromatic N) is 4. The van der Waals surface area contributed by atoms with E-state index in [1.54, 1.807) is 12.3 Å². The van der Waals surface area contributed by atoms with Crippen LogP contribution in [0.4, 0.5) is 0 Å². The Hall–Kier alpha value is -2.78. The number of pyridine rings is 2. The Bertz CT molecular complexity index is 1210. The molecule has 3 aromatic heterocycles. The molecule has 0 bridgehead atoms. The summed E-state index contributed by atoms with van der Waals surface area (Å²) in [5.41, 5.74) is 1.06. The fourth-order valence-electron chi connectivity index (χ4n) is 2.56. The van der Waals surface area contributed by atoms with E-state index in [1.165, 1.54) is 47.5 Å². The van der Waals surface area contributed by atoms with E-state index >= 15 is 0 Å². The molecule has 26 heavy (non-hydrogen) atoms. The van der Waals surface area contributed by atoms with E-state index in [1.807, 2.05) is 13.0 Å². The van der Waals surface area contributed by atoms with Crippen LogP contribution < -0.4 is 11.1 Å². The van der Waals surface area contributed by atoms with Crippen LogP contribution in [-0.4, -0.2) is 40.8 Å². The average Bonchev–Trinajstić information content (AvgIpc) is 2.57. The maximum absolute atomic E-state index is 12.3. The van der Waals surface area contributed by atoms with Crippen LogP contribution in [0.2, 0.25) is 0 Å². The standard InChI is InChI=1S/C17H18N4O4S/c1-12-5-4-8-21-16(23)9-13(18-17(12)21)10-20-11-14(6-7-15(20)22)26(24,25)19(2)3/h4-9,11H,10H2,1-3H3. The first-order chi connectivity index (χ1) is 12.2. The zero-order chi connectivity index (χ0) is 19.1. The van der Waals surface area contributed by atoms with E-state index < -0.39 is 10.0 Å². The minimum Gasteiger partial charge on any atom is -0.308 e. The molecule has 0 saturated carbocycles. The second-order valence-electron chi connectivity index (χ2n) is 6.09. The number of hydrogen-bond acceptors (Lipinski definition) is 5. The highest BCUT2D eigenvalue weighted by atomic mass is 32.2. The molecule has 0 saturated heterocycles. The molecule has 0 aromatic carbocycles. The lowest BCUT2D eigenvalue weighted by atomic mass is 10.3. The van der Waals surface area contributed by atoms with Gasteiger partial charge in [0.05, 0.1) is 17.1 Å². The molecule has 0 unspecified atom stereocenters. The minimum absolute atomic E-state index is 0.00390. The van der Waals surface area contributed by atoms with Gasteiger partial charge in [0.25, 0.3) is 11.1 Å². The van der Waals surface area contributed by atoms with Crippen LogP contribution in [0.3, 0.4) is 0 Å². The molecule has 0 aliphatic rings. The number of hydrogen-bond donors (Lipinski definition) is 0. The molecule has 0 aliphatic heterocycles. The summed E-state index contributed by atoms with van der Waals surface area (Å²) in [5, 5.41) is 0. The van der Waals surface area contributed by atoms with E-state index in [0.29, 0.717) is 11.3 Å². The van der Waals surface area contributed by atoms with Crippen molar-refractivity contribution >= 4 is 15.7 Å². The Balaban J connectivity index is 2.10. The third kappa shape index (κ3) is 3.18. The largest absolute Gasteiger partial charge is 0.308 e. The quantitative estimate of drug-likeness (QED) is 0.661. The minimum atomic E-state index is -3.67. The molecule has 0 N–H and O–H groups in total. The second kappa shape index (κ2) is 6.50. The first-order valence-corrected chi connectivity index (χ1v) is 9.25. The Kier molecular flexibility index (Phi) is 4.51. The summed E-state index contributed by atoms with van der Waals surface area (Å²) in [5.74, 6) is 0. The zero-order valence-corrected chi connectivity index (χ0v) is 15.4. The molecule has 0 atom stereocenters. The van der Waals surface area contributed by atoms with Crippen LogP contribution in [0.5, 0.6) is 0 Å². The van der Waals surface area contributed by atoms with Crippen LogP contribution >= 0.6 is 0 Å². The Morgan fingerprint density at radius 1 is 1.12 bits per heavy atom.